The van der Waals surface area contributed by atoms with E-state index in [9.17, 15) is 14.9 Å². The summed E-state index contributed by atoms with van der Waals surface area (Å²) in [5.74, 6) is -0.357. The summed E-state index contributed by atoms with van der Waals surface area (Å²) in [4.78, 5) is 26.7. The molecule has 1 unspecified atom stereocenters. The Balaban J connectivity index is 1.90. The number of H-pyrrole nitrogens is 1. The van der Waals surface area contributed by atoms with Gasteiger partial charge in [0.15, 0.2) is 0 Å². The zero-order chi connectivity index (χ0) is 24.4. The summed E-state index contributed by atoms with van der Waals surface area (Å²) in [6.07, 6.45) is 0.657. The van der Waals surface area contributed by atoms with E-state index in [2.05, 4.69) is 57.1 Å². The van der Waals surface area contributed by atoms with E-state index in [4.69, 9.17) is 9.16 Å². The van der Waals surface area contributed by atoms with Crippen LogP contribution >= 0.6 is 0 Å². The molecule has 9 heteroatoms. The Hall–Kier alpha value is -1.95. The van der Waals surface area contributed by atoms with Gasteiger partial charge in [-0.15, -0.1) is 0 Å². The first-order valence-electron chi connectivity index (χ1n) is 11.2. The fourth-order valence-electron chi connectivity index (χ4n) is 3.57. The van der Waals surface area contributed by atoms with Crippen LogP contribution in [0.15, 0.2) is 46.1 Å². The molecular weight excluding hydrogens is 501 g/mol. The number of ether oxygens (including phenoxy) is 1. The third-order valence-electron chi connectivity index (χ3n) is 6.56. The molecule has 1 aliphatic rings. The summed E-state index contributed by atoms with van der Waals surface area (Å²) in [5.41, 5.74) is -0.475. The Morgan fingerprint density at radius 2 is 1.97 bits per heavy atom. The molecule has 0 spiro atoms. The van der Waals surface area contributed by atoms with Crippen molar-refractivity contribution in [3.63, 3.8) is 0 Å². The molecule has 2 heterocycles. The number of rotatable bonds is 7. The van der Waals surface area contributed by atoms with Crippen molar-refractivity contribution in [2.75, 3.05) is 0 Å². The van der Waals surface area contributed by atoms with Crippen molar-refractivity contribution in [1.29, 1.82) is 5.26 Å². The number of hydrogen-bond acceptors (Lipinski definition) is 5. The molecule has 1 saturated heterocycles. The van der Waals surface area contributed by atoms with E-state index in [-0.39, 0.29) is 32.0 Å². The van der Waals surface area contributed by atoms with Crippen LogP contribution < -0.4 is 15.7 Å². The van der Waals surface area contributed by atoms with Gasteiger partial charge in [-0.05, 0) is 0 Å². The quantitative estimate of drug-likeness (QED) is 0.551. The fraction of sp³-hybridized carbons (Fsp3) is 0.542. The molecule has 0 saturated carbocycles. The second kappa shape index (κ2) is 10.1. The summed E-state index contributed by atoms with van der Waals surface area (Å²) in [6.45, 7) is 12.6. The molecule has 0 aliphatic carbocycles. The van der Waals surface area contributed by atoms with E-state index >= 15 is 0 Å². The molecule has 33 heavy (non-hydrogen) atoms. The van der Waals surface area contributed by atoms with Crippen LogP contribution in [0.2, 0.25) is 23.5 Å². The van der Waals surface area contributed by atoms with Gasteiger partial charge in [0.25, 0.3) is 0 Å². The number of aromatic amines is 1. The van der Waals surface area contributed by atoms with Crippen LogP contribution in [-0.2, 0) is 9.16 Å². The van der Waals surface area contributed by atoms with Gasteiger partial charge in [-0.1, -0.05) is 0 Å². The predicted octanol–water partition coefficient (Wildman–Crippen LogP) is 3.11. The van der Waals surface area contributed by atoms with Crippen molar-refractivity contribution in [2.45, 2.75) is 76.0 Å². The fourth-order valence-corrected chi connectivity index (χ4v) is 6.98. The predicted molar refractivity (Wildman–Crippen MR) is 132 cm³/mol. The Morgan fingerprint density at radius 1 is 1.30 bits per heavy atom. The van der Waals surface area contributed by atoms with Gasteiger partial charge in [-0.25, -0.2) is 0 Å². The van der Waals surface area contributed by atoms with Crippen molar-refractivity contribution in [3.8, 4) is 6.07 Å². The average Bonchev–Trinajstić information content (AvgIpc) is 3.14. The van der Waals surface area contributed by atoms with Crippen molar-refractivity contribution < 1.29 is 9.16 Å². The summed E-state index contributed by atoms with van der Waals surface area (Å²) < 4.78 is 15.8. The van der Waals surface area contributed by atoms with Gasteiger partial charge in [0.2, 0.25) is 0 Å². The zero-order valence-electron chi connectivity index (χ0n) is 20.1. The van der Waals surface area contributed by atoms with Crippen molar-refractivity contribution in [1.82, 2.24) is 9.55 Å². The molecule has 0 amide bonds. The number of hydrogen-bond donors (Lipinski definition) is 1. The maximum atomic E-state index is 12.5. The van der Waals surface area contributed by atoms with Gasteiger partial charge in [0.05, 0.1) is 0 Å². The standard InChI is InChI=1S/C24H33N3O4SeSi/c1-16-14-27(23(29)26-22(16)28)20-12-19(31-33(5,6)24(2,3)4)21(30-20)17(13-25)15-32-18-10-8-7-9-11-18/h7-11,14,17,19-21H,12,15H2,1-6H3,(H,26,28,29)/t17?,19-,20+,21+/m0/s1. The second-order valence-electron chi connectivity index (χ2n) is 10.0. The molecule has 7 nitrogen and oxygen atoms in total. The maximum absolute atomic E-state index is 12.5. The SMILES string of the molecule is Cc1cn([C@H]2C[C@H](O[Si](C)(C)C(C)(C)C)[C@@H](C(C#N)C[Se]c3ccccc3)O2)c(=O)[nH]c1=O. The van der Waals surface area contributed by atoms with Crippen LogP contribution in [0, 0.1) is 24.2 Å². The molecule has 1 aromatic heterocycles. The number of aryl methyl sites for hydroxylation is 1. The molecule has 1 aliphatic heterocycles. The molecule has 4 atom stereocenters. The summed E-state index contributed by atoms with van der Waals surface area (Å²) in [7, 11) is -2.15. The zero-order valence-corrected chi connectivity index (χ0v) is 22.8. The molecule has 178 valence electrons. The summed E-state index contributed by atoms with van der Waals surface area (Å²) in [5, 5.41) is 10.7. The summed E-state index contributed by atoms with van der Waals surface area (Å²) >= 11 is 0.121. The first-order valence-corrected chi connectivity index (χ1v) is 16.1. The van der Waals surface area contributed by atoms with Gasteiger partial charge in [0, 0.05) is 0 Å². The Kier molecular flexibility index (Phi) is 7.87. The van der Waals surface area contributed by atoms with Crippen LogP contribution in [0.25, 0.3) is 0 Å². The Labute approximate surface area is 202 Å². The van der Waals surface area contributed by atoms with Gasteiger partial charge in [-0.2, -0.15) is 0 Å². The van der Waals surface area contributed by atoms with Gasteiger partial charge in [0.1, 0.15) is 0 Å². The van der Waals surface area contributed by atoms with Crippen LogP contribution in [-0.4, -0.2) is 45.0 Å². The van der Waals surface area contributed by atoms with Crippen LogP contribution in [0.1, 0.15) is 39.0 Å². The average molecular weight is 535 g/mol. The molecule has 0 radical (unpaired) electrons. The Bertz CT molecular complexity index is 1120. The van der Waals surface area contributed by atoms with Crippen molar-refractivity contribution in [2.24, 2.45) is 5.92 Å². The minimum absolute atomic E-state index is 0.00282. The number of aromatic nitrogens is 2. The van der Waals surface area contributed by atoms with Crippen molar-refractivity contribution in [3.05, 3.63) is 62.9 Å². The molecule has 2 aromatic rings. The van der Waals surface area contributed by atoms with Crippen LogP contribution in [0.3, 0.4) is 0 Å². The van der Waals surface area contributed by atoms with E-state index in [1.54, 1.807) is 6.92 Å². The van der Waals surface area contributed by atoms with Crippen LogP contribution in [0.5, 0.6) is 0 Å². The molecule has 1 aromatic carbocycles. The number of nitrogens with one attached hydrogen (secondary N) is 1. The molecule has 1 N–H and O–H groups in total. The number of benzene rings is 1. The molecular formula is C24H33N3O4SeSi. The summed E-state index contributed by atoms with van der Waals surface area (Å²) in [6, 6.07) is 12.6. The van der Waals surface area contributed by atoms with E-state index in [1.165, 1.54) is 15.2 Å². The number of nitrogens with zero attached hydrogens (tertiary/aromatic N) is 2. The van der Waals surface area contributed by atoms with Gasteiger partial charge < -0.3 is 0 Å². The third-order valence-corrected chi connectivity index (χ3v) is 13.4. The molecule has 3 rings (SSSR count). The van der Waals surface area contributed by atoms with Crippen molar-refractivity contribution >= 4 is 27.7 Å². The minimum atomic E-state index is -2.15. The number of nitriles is 1. The van der Waals surface area contributed by atoms with Gasteiger partial charge in [-0.3, -0.25) is 0 Å². The topological polar surface area (TPSA) is 97.1 Å². The van der Waals surface area contributed by atoms with Gasteiger partial charge >= 0.3 is 203 Å². The molecule has 1 fully saturated rings. The first kappa shape index (κ1) is 25.7. The normalized spacial score (nSPS) is 22.2. The van der Waals surface area contributed by atoms with E-state index in [0.717, 1.165) is 0 Å². The van der Waals surface area contributed by atoms with E-state index < -0.39 is 31.9 Å². The first-order chi connectivity index (χ1) is 15.4. The Morgan fingerprint density at radius 3 is 2.58 bits per heavy atom. The molecule has 0 bridgehead atoms. The second-order valence-corrected chi connectivity index (χ2v) is 17.1. The monoisotopic (exact) mass is 535 g/mol. The van der Waals surface area contributed by atoms with E-state index in [1.807, 2.05) is 18.2 Å². The van der Waals surface area contributed by atoms with E-state index in [0.29, 0.717) is 17.3 Å². The van der Waals surface area contributed by atoms with Crippen LogP contribution in [0.4, 0.5) is 0 Å². The third kappa shape index (κ3) is 5.95.